The Morgan fingerprint density at radius 2 is 1.69 bits per heavy atom. The molecule has 0 saturated heterocycles. The van der Waals surface area contributed by atoms with E-state index in [9.17, 15) is 0 Å². The van der Waals surface area contributed by atoms with Gasteiger partial charge in [-0.05, 0) is 11.1 Å². The number of benzene rings is 2. The number of aromatic nitrogens is 4. The molecular weight excluding hydrogens is 340 g/mol. The van der Waals surface area contributed by atoms with Crippen molar-refractivity contribution in [2.24, 2.45) is 0 Å². The quantitative estimate of drug-likeness (QED) is 0.371. The zero-order valence-corrected chi connectivity index (χ0v) is 15.0. The van der Waals surface area contributed by atoms with E-state index >= 15 is 0 Å². The standard InChI is InChI=1S/C21H18N4S/c1-3-8-17(9-4-1)12-7-13-26-21-19-14-24-25(20(19)22-16-23-21)15-18-10-5-2-6-11-18/h1-12,14,16H,13,15H2/b12-7+. The maximum atomic E-state index is 4.51. The highest BCUT2D eigenvalue weighted by molar-refractivity contribution is 7.99. The van der Waals surface area contributed by atoms with Gasteiger partial charge in [0.25, 0.3) is 0 Å². The van der Waals surface area contributed by atoms with Gasteiger partial charge in [0, 0.05) is 5.75 Å². The molecule has 4 nitrogen and oxygen atoms in total. The van der Waals surface area contributed by atoms with Crippen LogP contribution in [-0.2, 0) is 6.54 Å². The third kappa shape index (κ3) is 3.83. The number of fused-ring (bicyclic) bond motifs is 1. The summed E-state index contributed by atoms with van der Waals surface area (Å²) in [7, 11) is 0. The summed E-state index contributed by atoms with van der Waals surface area (Å²) in [5.74, 6) is 0.852. The summed E-state index contributed by atoms with van der Waals surface area (Å²) in [6.45, 7) is 0.708. The van der Waals surface area contributed by atoms with Gasteiger partial charge >= 0.3 is 0 Å². The monoisotopic (exact) mass is 358 g/mol. The summed E-state index contributed by atoms with van der Waals surface area (Å²) in [5.41, 5.74) is 3.28. The van der Waals surface area contributed by atoms with Crippen molar-refractivity contribution in [1.82, 2.24) is 19.7 Å². The van der Waals surface area contributed by atoms with Crippen LogP contribution in [0.2, 0.25) is 0 Å². The summed E-state index contributed by atoms with van der Waals surface area (Å²) in [4.78, 5) is 8.87. The number of rotatable bonds is 6. The molecule has 0 spiro atoms. The van der Waals surface area contributed by atoms with E-state index in [4.69, 9.17) is 0 Å². The van der Waals surface area contributed by atoms with Gasteiger partial charge in [-0.15, -0.1) is 11.8 Å². The van der Waals surface area contributed by atoms with Crippen molar-refractivity contribution in [3.8, 4) is 0 Å². The molecule has 2 aromatic heterocycles. The molecule has 0 aliphatic rings. The topological polar surface area (TPSA) is 43.6 Å². The molecule has 128 valence electrons. The Morgan fingerprint density at radius 1 is 0.923 bits per heavy atom. The summed E-state index contributed by atoms with van der Waals surface area (Å²) in [5, 5.41) is 6.48. The maximum Gasteiger partial charge on any atom is 0.162 e. The highest BCUT2D eigenvalue weighted by atomic mass is 32.2. The summed E-state index contributed by atoms with van der Waals surface area (Å²) in [6, 6.07) is 20.6. The lowest BCUT2D eigenvalue weighted by molar-refractivity contribution is 0.703. The SMILES string of the molecule is C(=C\c1ccccc1)/CSc1ncnc2c1cnn2Cc1ccccc1. The Morgan fingerprint density at radius 3 is 2.50 bits per heavy atom. The minimum atomic E-state index is 0.708. The van der Waals surface area contributed by atoms with E-state index in [-0.39, 0.29) is 0 Å². The Balaban J connectivity index is 1.49. The van der Waals surface area contributed by atoms with E-state index in [1.807, 2.05) is 47.3 Å². The zero-order chi connectivity index (χ0) is 17.6. The van der Waals surface area contributed by atoms with Gasteiger partial charge < -0.3 is 0 Å². The molecule has 4 rings (SSSR count). The fourth-order valence-corrected chi connectivity index (χ4v) is 3.51. The lowest BCUT2D eigenvalue weighted by Gasteiger charge is -2.04. The third-order valence-electron chi connectivity index (χ3n) is 4.00. The van der Waals surface area contributed by atoms with Gasteiger partial charge in [0.15, 0.2) is 5.65 Å². The van der Waals surface area contributed by atoms with Crippen molar-refractivity contribution in [3.63, 3.8) is 0 Å². The van der Waals surface area contributed by atoms with Gasteiger partial charge in [0.1, 0.15) is 11.4 Å². The molecule has 4 aromatic rings. The Labute approximate surface area is 156 Å². The van der Waals surface area contributed by atoms with Crippen LogP contribution in [0, 0.1) is 0 Å². The Bertz CT molecular complexity index is 1010. The summed E-state index contributed by atoms with van der Waals surface area (Å²) >= 11 is 1.70. The average molecular weight is 358 g/mol. The number of hydrogen-bond donors (Lipinski definition) is 0. The van der Waals surface area contributed by atoms with Crippen LogP contribution >= 0.6 is 11.8 Å². The highest BCUT2D eigenvalue weighted by Crippen LogP contribution is 2.24. The van der Waals surface area contributed by atoms with Crippen LogP contribution in [0.4, 0.5) is 0 Å². The fraction of sp³-hybridized carbons (Fsp3) is 0.0952. The van der Waals surface area contributed by atoms with E-state index in [1.165, 1.54) is 11.1 Å². The second kappa shape index (κ2) is 7.97. The van der Waals surface area contributed by atoms with Crippen LogP contribution in [0.15, 0.2) is 84.3 Å². The minimum Gasteiger partial charge on any atom is -0.243 e. The van der Waals surface area contributed by atoms with Crippen LogP contribution < -0.4 is 0 Å². The molecule has 26 heavy (non-hydrogen) atoms. The first-order chi connectivity index (χ1) is 12.9. The fourth-order valence-electron chi connectivity index (χ4n) is 2.73. The molecule has 0 radical (unpaired) electrons. The normalized spacial score (nSPS) is 11.4. The molecule has 0 aliphatic carbocycles. The van der Waals surface area contributed by atoms with Crippen molar-refractivity contribution >= 4 is 28.9 Å². The molecular formula is C21H18N4S. The molecule has 2 heterocycles. The predicted molar refractivity (Wildman–Crippen MR) is 107 cm³/mol. The molecule has 0 amide bonds. The number of hydrogen-bond acceptors (Lipinski definition) is 4. The van der Waals surface area contributed by atoms with Gasteiger partial charge in [-0.2, -0.15) is 5.10 Å². The molecule has 0 saturated carbocycles. The van der Waals surface area contributed by atoms with E-state index in [1.54, 1.807) is 18.1 Å². The second-order valence-electron chi connectivity index (χ2n) is 5.83. The van der Waals surface area contributed by atoms with Crippen LogP contribution in [0.25, 0.3) is 17.1 Å². The van der Waals surface area contributed by atoms with Crippen molar-refractivity contribution in [1.29, 1.82) is 0 Å². The van der Waals surface area contributed by atoms with Gasteiger partial charge in [-0.3, -0.25) is 0 Å². The molecule has 0 atom stereocenters. The molecule has 0 unspecified atom stereocenters. The first kappa shape index (κ1) is 16.5. The molecule has 0 aliphatic heterocycles. The lowest BCUT2D eigenvalue weighted by atomic mass is 10.2. The maximum absolute atomic E-state index is 4.51. The largest absolute Gasteiger partial charge is 0.243 e. The smallest absolute Gasteiger partial charge is 0.162 e. The predicted octanol–water partition coefficient (Wildman–Crippen LogP) is 4.68. The Hall–Kier alpha value is -2.92. The van der Waals surface area contributed by atoms with Crippen LogP contribution in [0.5, 0.6) is 0 Å². The van der Waals surface area contributed by atoms with Gasteiger partial charge in [0.2, 0.25) is 0 Å². The van der Waals surface area contributed by atoms with Crippen molar-refractivity contribution in [3.05, 3.63) is 90.4 Å². The number of nitrogens with zero attached hydrogens (tertiary/aromatic N) is 4. The first-order valence-corrected chi connectivity index (χ1v) is 9.43. The van der Waals surface area contributed by atoms with Crippen LogP contribution in [-0.4, -0.2) is 25.5 Å². The molecule has 5 heteroatoms. The lowest BCUT2D eigenvalue weighted by Crippen LogP contribution is -2.02. The molecule has 2 aromatic carbocycles. The zero-order valence-electron chi connectivity index (χ0n) is 14.2. The molecule has 0 N–H and O–H groups in total. The highest BCUT2D eigenvalue weighted by Gasteiger charge is 2.10. The van der Waals surface area contributed by atoms with Crippen molar-refractivity contribution in [2.75, 3.05) is 5.75 Å². The van der Waals surface area contributed by atoms with E-state index < -0.39 is 0 Å². The van der Waals surface area contributed by atoms with E-state index in [0.29, 0.717) is 6.54 Å². The third-order valence-corrected chi connectivity index (χ3v) is 4.96. The van der Waals surface area contributed by atoms with Crippen molar-refractivity contribution in [2.45, 2.75) is 11.6 Å². The average Bonchev–Trinajstić information content (AvgIpc) is 3.10. The van der Waals surface area contributed by atoms with Crippen molar-refractivity contribution < 1.29 is 0 Å². The number of thioether (sulfide) groups is 1. The van der Waals surface area contributed by atoms with E-state index in [2.05, 4.69) is 51.5 Å². The second-order valence-corrected chi connectivity index (χ2v) is 6.84. The summed E-state index contributed by atoms with van der Waals surface area (Å²) in [6.07, 6.45) is 7.77. The minimum absolute atomic E-state index is 0.708. The molecule has 0 fully saturated rings. The van der Waals surface area contributed by atoms with E-state index in [0.717, 1.165) is 21.8 Å². The Kier molecular flexibility index (Phi) is 5.07. The van der Waals surface area contributed by atoms with Crippen LogP contribution in [0.1, 0.15) is 11.1 Å². The van der Waals surface area contributed by atoms with Gasteiger partial charge in [-0.25, -0.2) is 14.6 Å². The first-order valence-electron chi connectivity index (χ1n) is 8.45. The van der Waals surface area contributed by atoms with Crippen LogP contribution in [0.3, 0.4) is 0 Å². The molecule has 0 bridgehead atoms. The summed E-state index contributed by atoms with van der Waals surface area (Å²) < 4.78 is 1.93. The van der Waals surface area contributed by atoms with Gasteiger partial charge in [0.05, 0.1) is 18.1 Å². The van der Waals surface area contributed by atoms with Gasteiger partial charge in [-0.1, -0.05) is 72.8 Å².